The average Bonchev–Trinajstić information content (AvgIpc) is 3.02. The minimum absolute atomic E-state index is 0.00892. The number of aliphatic carboxylic acids is 1. The fourth-order valence-electron chi connectivity index (χ4n) is 9.50. The predicted octanol–water partition coefficient (Wildman–Crippen LogP) is 7.40. The van der Waals surface area contributed by atoms with Crippen LogP contribution in [0, 0.1) is 45.3 Å². The summed E-state index contributed by atoms with van der Waals surface area (Å²) < 4.78 is 0. The summed E-state index contributed by atoms with van der Waals surface area (Å²) in [4.78, 5) is 11.1. The van der Waals surface area contributed by atoms with E-state index in [-0.39, 0.29) is 16.9 Å². The Bertz CT molecular complexity index is 853. The molecule has 186 valence electrons. The van der Waals surface area contributed by atoms with E-state index in [9.17, 15) is 9.90 Å². The first-order valence-corrected chi connectivity index (χ1v) is 13.6. The minimum atomic E-state index is -0.796. The number of aliphatic hydroxyl groups excluding tert-OH is 1. The standard InChI is InChI=1S/C30H48O3/c1-19(9-8-10-20(2)26(32)33)21-13-17-30(7)23-11-12-24-27(3,4)25(31)15-16-28(24,5)22(23)14-18-29(21,30)6/h10-11,19,21-22,24-25,31H,8-9,12-18H2,1-7H3,(H,32,33)/t19-,21-,22-,24-,25-,28+,29-,30+/m0/s1. The molecule has 0 radical (unpaired) electrons. The van der Waals surface area contributed by atoms with Crippen molar-refractivity contribution in [2.24, 2.45) is 45.3 Å². The fraction of sp³-hybridized carbons (Fsp3) is 0.833. The molecule has 0 aliphatic heterocycles. The van der Waals surface area contributed by atoms with Crippen LogP contribution in [0.3, 0.4) is 0 Å². The lowest BCUT2D eigenvalue weighted by molar-refractivity contribution is -0.132. The van der Waals surface area contributed by atoms with Crippen molar-refractivity contribution in [1.29, 1.82) is 0 Å². The molecule has 3 fully saturated rings. The van der Waals surface area contributed by atoms with Gasteiger partial charge in [0.25, 0.3) is 0 Å². The van der Waals surface area contributed by atoms with Gasteiger partial charge < -0.3 is 10.2 Å². The van der Waals surface area contributed by atoms with Gasteiger partial charge in [-0.3, -0.25) is 0 Å². The monoisotopic (exact) mass is 456 g/mol. The third-order valence-corrected chi connectivity index (χ3v) is 12.0. The van der Waals surface area contributed by atoms with Gasteiger partial charge in [-0.05, 0) is 110 Å². The highest BCUT2D eigenvalue weighted by Crippen LogP contribution is 2.73. The number of carboxylic acid groups (broad SMARTS) is 1. The summed E-state index contributed by atoms with van der Waals surface area (Å²) in [5.74, 6) is 1.75. The first-order chi connectivity index (χ1) is 15.3. The van der Waals surface area contributed by atoms with E-state index >= 15 is 0 Å². The van der Waals surface area contributed by atoms with E-state index in [4.69, 9.17) is 5.11 Å². The van der Waals surface area contributed by atoms with Crippen molar-refractivity contribution in [2.45, 2.75) is 112 Å². The van der Waals surface area contributed by atoms with E-state index in [2.05, 4.69) is 47.6 Å². The van der Waals surface area contributed by atoms with E-state index in [0.29, 0.717) is 40.1 Å². The van der Waals surface area contributed by atoms with Crippen molar-refractivity contribution in [3.63, 3.8) is 0 Å². The van der Waals surface area contributed by atoms with Gasteiger partial charge in [0.15, 0.2) is 0 Å². The van der Waals surface area contributed by atoms with E-state index in [0.717, 1.165) is 32.1 Å². The number of carbonyl (C=O) groups is 1. The van der Waals surface area contributed by atoms with Gasteiger partial charge in [-0.15, -0.1) is 0 Å². The Hall–Kier alpha value is -1.09. The normalized spacial score (nSPS) is 45.5. The maximum Gasteiger partial charge on any atom is 0.330 e. The van der Waals surface area contributed by atoms with E-state index in [1.54, 1.807) is 12.5 Å². The van der Waals surface area contributed by atoms with Crippen molar-refractivity contribution in [3.8, 4) is 0 Å². The first-order valence-electron chi connectivity index (χ1n) is 13.6. The first kappa shape index (κ1) is 25.0. The number of fused-ring (bicyclic) bond motifs is 5. The van der Waals surface area contributed by atoms with Crippen LogP contribution in [0.5, 0.6) is 0 Å². The maximum absolute atomic E-state index is 11.1. The van der Waals surface area contributed by atoms with Crippen LogP contribution >= 0.6 is 0 Å². The maximum atomic E-state index is 11.1. The molecule has 0 saturated heterocycles. The second-order valence-electron chi connectivity index (χ2n) is 13.6. The molecular weight excluding hydrogens is 408 g/mol. The molecule has 0 amide bonds. The Kier molecular flexibility index (Phi) is 6.25. The van der Waals surface area contributed by atoms with Crippen molar-refractivity contribution in [3.05, 3.63) is 23.3 Å². The van der Waals surface area contributed by atoms with Gasteiger partial charge in [0, 0.05) is 5.57 Å². The summed E-state index contributed by atoms with van der Waals surface area (Å²) in [5.41, 5.74) is 3.13. The molecule has 4 aliphatic rings. The third-order valence-electron chi connectivity index (χ3n) is 12.0. The van der Waals surface area contributed by atoms with Crippen molar-refractivity contribution >= 4 is 5.97 Å². The Morgan fingerprint density at radius 2 is 1.82 bits per heavy atom. The summed E-state index contributed by atoms with van der Waals surface area (Å²) in [6.07, 6.45) is 14.7. The van der Waals surface area contributed by atoms with Crippen LogP contribution in [-0.4, -0.2) is 22.3 Å². The highest BCUT2D eigenvalue weighted by molar-refractivity contribution is 5.85. The molecule has 0 aromatic rings. The zero-order valence-electron chi connectivity index (χ0n) is 22.2. The van der Waals surface area contributed by atoms with Gasteiger partial charge in [0.1, 0.15) is 0 Å². The molecule has 3 heteroatoms. The molecule has 0 aromatic heterocycles. The summed E-state index contributed by atoms with van der Waals surface area (Å²) in [5, 5.41) is 20.0. The number of aliphatic hydroxyl groups is 1. The molecular formula is C30H48O3. The second-order valence-corrected chi connectivity index (χ2v) is 13.6. The van der Waals surface area contributed by atoms with Crippen molar-refractivity contribution < 1.29 is 15.0 Å². The third kappa shape index (κ3) is 3.58. The number of rotatable bonds is 5. The Morgan fingerprint density at radius 3 is 2.48 bits per heavy atom. The quantitative estimate of drug-likeness (QED) is 0.335. The van der Waals surface area contributed by atoms with Crippen LogP contribution in [0.2, 0.25) is 0 Å². The van der Waals surface area contributed by atoms with Crippen LogP contribution < -0.4 is 0 Å². The number of allylic oxidation sites excluding steroid dienone is 3. The average molecular weight is 457 g/mol. The SMILES string of the molecule is CC(=CCC[C@H](C)[C@@H]1CC[C@]2(C)C3=CC[C@H]4C(C)(C)[C@@H](O)CC[C@]4(C)[C@H]3CC[C@@]12C)C(=O)O. The highest BCUT2D eigenvalue weighted by atomic mass is 16.4. The molecule has 2 N–H and O–H groups in total. The fourth-order valence-corrected chi connectivity index (χ4v) is 9.50. The van der Waals surface area contributed by atoms with Gasteiger partial charge in [-0.2, -0.15) is 0 Å². The van der Waals surface area contributed by atoms with E-state index in [1.165, 1.54) is 25.7 Å². The van der Waals surface area contributed by atoms with Gasteiger partial charge in [0.05, 0.1) is 6.10 Å². The largest absolute Gasteiger partial charge is 0.478 e. The van der Waals surface area contributed by atoms with Gasteiger partial charge >= 0.3 is 5.97 Å². The van der Waals surface area contributed by atoms with Gasteiger partial charge in [0.2, 0.25) is 0 Å². The molecule has 4 rings (SSSR count). The van der Waals surface area contributed by atoms with Crippen LogP contribution in [-0.2, 0) is 4.79 Å². The molecule has 4 aliphatic carbocycles. The highest BCUT2D eigenvalue weighted by Gasteiger charge is 2.65. The van der Waals surface area contributed by atoms with Crippen molar-refractivity contribution in [1.82, 2.24) is 0 Å². The van der Waals surface area contributed by atoms with Crippen LogP contribution in [0.4, 0.5) is 0 Å². The molecule has 8 atom stereocenters. The van der Waals surface area contributed by atoms with Crippen LogP contribution in [0.25, 0.3) is 0 Å². The Morgan fingerprint density at radius 1 is 1.12 bits per heavy atom. The van der Waals surface area contributed by atoms with Gasteiger partial charge in [-0.25, -0.2) is 4.79 Å². The summed E-state index contributed by atoms with van der Waals surface area (Å²) in [6.45, 7) is 16.5. The smallest absolute Gasteiger partial charge is 0.330 e. The Balaban J connectivity index is 1.58. The second kappa shape index (κ2) is 8.25. The number of hydrogen-bond donors (Lipinski definition) is 2. The van der Waals surface area contributed by atoms with E-state index in [1.807, 2.05) is 6.08 Å². The number of carboxylic acids is 1. The lowest BCUT2D eigenvalue weighted by Gasteiger charge is -2.64. The summed E-state index contributed by atoms with van der Waals surface area (Å²) >= 11 is 0. The molecule has 3 nitrogen and oxygen atoms in total. The van der Waals surface area contributed by atoms with Crippen LogP contribution in [0.15, 0.2) is 23.3 Å². The molecule has 0 unspecified atom stereocenters. The summed E-state index contributed by atoms with van der Waals surface area (Å²) in [6, 6.07) is 0. The van der Waals surface area contributed by atoms with Gasteiger partial charge in [-0.1, -0.05) is 59.3 Å². The Labute approximate surface area is 202 Å². The minimum Gasteiger partial charge on any atom is -0.478 e. The zero-order valence-corrected chi connectivity index (χ0v) is 22.2. The predicted molar refractivity (Wildman–Crippen MR) is 135 cm³/mol. The molecule has 0 bridgehead atoms. The molecule has 33 heavy (non-hydrogen) atoms. The zero-order chi connectivity index (χ0) is 24.4. The molecule has 0 heterocycles. The van der Waals surface area contributed by atoms with Crippen LogP contribution in [0.1, 0.15) is 106 Å². The topological polar surface area (TPSA) is 57.5 Å². The lowest BCUT2D eigenvalue weighted by Crippen LogP contribution is -2.58. The number of hydrogen-bond acceptors (Lipinski definition) is 2. The molecule has 0 spiro atoms. The summed E-state index contributed by atoms with van der Waals surface area (Å²) in [7, 11) is 0. The molecule has 0 aromatic carbocycles. The van der Waals surface area contributed by atoms with Crippen molar-refractivity contribution in [2.75, 3.05) is 0 Å². The van der Waals surface area contributed by atoms with E-state index < -0.39 is 5.97 Å². The lowest BCUT2D eigenvalue weighted by atomic mass is 9.41. The molecule has 3 saturated carbocycles.